The molecule has 126 valence electrons. The summed E-state index contributed by atoms with van der Waals surface area (Å²) in [5.41, 5.74) is 1.32. The lowest BCUT2D eigenvalue weighted by Gasteiger charge is -2.13. The van der Waals surface area contributed by atoms with Gasteiger partial charge in [0.2, 0.25) is 0 Å². The fourth-order valence-corrected chi connectivity index (χ4v) is 2.05. The van der Waals surface area contributed by atoms with E-state index in [-0.39, 0.29) is 5.91 Å². The van der Waals surface area contributed by atoms with Crippen LogP contribution in [0.5, 0.6) is 17.2 Å². The molecule has 1 amide bonds. The number of methoxy groups -OCH3 is 3. The van der Waals surface area contributed by atoms with E-state index < -0.39 is 0 Å². The van der Waals surface area contributed by atoms with Gasteiger partial charge in [-0.2, -0.15) is 5.10 Å². The van der Waals surface area contributed by atoms with Crippen molar-refractivity contribution < 1.29 is 19.0 Å². The molecule has 0 N–H and O–H groups in total. The van der Waals surface area contributed by atoms with Crippen molar-refractivity contribution in [3.05, 3.63) is 53.6 Å². The van der Waals surface area contributed by atoms with E-state index in [0.717, 1.165) is 11.3 Å². The molecule has 2 aromatic carbocycles. The molecule has 0 aromatic heterocycles. The fourth-order valence-electron chi connectivity index (χ4n) is 2.05. The van der Waals surface area contributed by atoms with Crippen LogP contribution in [0.3, 0.4) is 0 Å². The summed E-state index contributed by atoms with van der Waals surface area (Å²) < 4.78 is 15.5. The van der Waals surface area contributed by atoms with Crippen molar-refractivity contribution in [2.75, 3.05) is 28.4 Å². The second-order valence-electron chi connectivity index (χ2n) is 4.92. The van der Waals surface area contributed by atoms with Crippen LogP contribution >= 0.6 is 0 Å². The van der Waals surface area contributed by atoms with Gasteiger partial charge in [-0.3, -0.25) is 4.79 Å². The molecule has 0 heterocycles. The normalized spacial score (nSPS) is 10.5. The Morgan fingerprint density at radius 3 is 2.21 bits per heavy atom. The third-order valence-corrected chi connectivity index (χ3v) is 3.42. The van der Waals surface area contributed by atoms with Crippen LogP contribution in [0.2, 0.25) is 0 Å². The Morgan fingerprint density at radius 1 is 0.958 bits per heavy atom. The maximum absolute atomic E-state index is 12.4. The van der Waals surface area contributed by atoms with Crippen molar-refractivity contribution in [3.63, 3.8) is 0 Å². The molecule has 0 radical (unpaired) electrons. The number of hydrazone groups is 1. The molecule has 0 aliphatic rings. The maximum Gasteiger partial charge on any atom is 0.273 e. The SMILES string of the molecule is COc1ccc(/C=N/N(C)C(=O)c2ccc(OC)c(OC)c2)cc1. The van der Waals surface area contributed by atoms with Crippen molar-refractivity contribution in [2.45, 2.75) is 0 Å². The lowest BCUT2D eigenvalue weighted by Crippen LogP contribution is -2.21. The monoisotopic (exact) mass is 328 g/mol. The number of carbonyl (C=O) groups is 1. The van der Waals surface area contributed by atoms with Crippen molar-refractivity contribution >= 4 is 12.1 Å². The lowest BCUT2D eigenvalue weighted by atomic mass is 10.2. The van der Waals surface area contributed by atoms with E-state index >= 15 is 0 Å². The van der Waals surface area contributed by atoms with Crippen molar-refractivity contribution in [3.8, 4) is 17.2 Å². The van der Waals surface area contributed by atoms with Gasteiger partial charge in [-0.15, -0.1) is 0 Å². The Bertz CT molecular complexity index is 726. The highest BCUT2D eigenvalue weighted by atomic mass is 16.5. The first kappa shape index (κ1) is 17.3. The van der Waals surface area contributed by atoms with Gasteiger partial charge in [0.05, 0.1) is 27.5 Å². The molecule has 0 aliphatic carbocycles. The van der Waals surface area contributed by atoms with E-state index in [1.54, 1.807) is 45.7 Å². The summed E-state index contributed by atoms with van der Waals surface area (Å²) >= 11 is 0. The first-order valence-corrected chi connectivity index (χ1v) is 7.27. The molecular formula is C18H20N2O4. The van der Waals surface area contributed by atoms with Gasteiger partial charge in [-0.05, 0) is 48.0 Å². The molecule has 2 rings (SSSR count). The van der Waals surface area contributed by atoms with E-state index in [1.165, 1.54) is 12.1 Å². The average molecular weight is 328 g/mol. The van der Waals surface area contributed by atoms with E-state index in [1.807, 2.05) is 24.3 Å². The number of hydrogen-bond donors (Lipinski definition) is 0. The number of carbonyl (C=O) groups excluding carboxylic acids is 1. The molecule has 0 fully saturated rings. The molecule has 0 bridgehead atoms. The number of rotatable bonds is 6. The minimum atomic E-state index is -0.249. The lowest BCUT2D eigenvalue weighted by molar-refractivity contribution is 0.0800. The molecule has 6 heteroatoms. The quantitative estimate of drug-likeness (QED) is 0.604. The standard InChI is InChI=1S/C18H20N2O4/c1-20(19-12-13-5-8-15(22-2)9-6-13)18(21)14-7-10-16(23-3)17(11-14)24-4/h5-12H,1-4H3/b19-12+. The molecular weight excluding hydrogens is 308 g/mol. The van der Waals surface area contributed by atoms with Gasteiger partial charge in [0.1, 0.15) is 5.75 Å². The first-order chi connectivity index (χ1) is 11.6. The first-order valence-electron chi connectivity index (χ1n) is 7.27. The number of ether oxygens (including phenoxy) is 3. The molecule has 0 saturated heterocycles. The van der Waals surface area contributed by atoms with Crippen LogP contribution in [0.1, 0.15) is 15.9 Å². The highest BCUT2D eigenvalue weighted by Gasteiger charge is 2.14. The van der Waals surface area contributed by atoms with Crippen LogP contribution in [0.15, 0.2) is 47.6 Å². The van der Waals surface area contributed by atoms with E-state index in [9.17, 15) is 4.79 Å². The summed E-state index contributed by atoms with van der Waals surface area (Å²) in [5.74, 6) is 1.58. The second-order valence-corrected chi connectivity index (χ2v) is 4.92. The number of amides is 1. The zero-order chi connectivity index (χ0) is 17.5. The smallest absolute Gasteiger partial charge is 0.273 e. The van der Waals surface area contributed by atoms with Crippen LogP contribution < -0.4 is 14.2 Å². The molecule has 0 unspecified atom stereocenters. The topological polar surface area (TPSA) is 60.4 Å². The van der Waals surface area contributed by atoms with Gasteiger partial charge in [0.25, 0.3) is 5.91 Å². The summed E-state index contributed by atoms with van der Waals surface area (Å²) in [6.07, 6.45) is 1.61. The summed E-state index contributed by atoms with van der Waals surface area (Å²) in [4.78, 5) is 12.4. The summed E-state index contributed by atoms with van der Waals surface area (Å²) in [5, 5.41) is 5.44. The fraction of sp³-hybridized carbons (Fsp3) is 0.222. The molecule has 24 heavy (non-hydrogen) atoms. The Balaban J connectivity index is 2.12. The summed E-state index contributed by atoms with van der Waals surface area (Å²) in [6, 6.07) is 12.4. The third-order valence-electron chi connectivity index (χ3n) is 3.42. The Hall–Kier alpha value is -3.02. The predicted octanol–water partition coefficient (Wildman–Crippen LogP) is 2.82. The van der Waals surface area contributed by atoms with E-state index in [4.69, 9.17) is 14.2 Å². The zero-order valence-electron chi connectivity index (χ0n) is 14.1. The number of benzene rings is 2. The van der Waals surface area contributed by atoms with Crippen LogP contribution in [0.25, 0.3) is 0 Å². The van der Waals surface area contributed by atoms with Crippen LogP contribution in [0.4, 0.5) is 0 Å². The molecule has 0 aliphatic heterocycles. The Kier molecular flexibility index (Phi) is 5.78. The molecule has 0 atom stereocenters. The van der Waals surface area contributed by atoms with Crippen molar-refractivity contribution in [1.82, 2.24) is 5.01 Å². The molecule has 6 nitrogen and oxygen atoms in total. The average Bonchev–Trinajstić information content (AvgIpc) is 2.65. The van der Waals surface area contributed by atoms with Gasteiger partial charge >= 0.3 is 0 Å². The summed E-state index contributed by atoms with van der Waals surface area (Å²) in [7, 11) is 6.28. The van der Waals surface area contributed by atoms with Crippen LogP contribution in [0, 0.1) is 0 Å². The Labute approximate surface area is 141 Å². The minimum Gasteiger partial charge on any atom is -0.497 e. The zero-order valence-corrected chi connectivity index (χ0v) is 14.1. The molecule has 2 aromatic rings. The van der Waals surface area contributed by atoms with Crippen LogP contribution in [-0.4, -0.2) is 45.5 Å². The predicted molar refractivity (Wildman–Crippen MR) is 92.2 cm³/mol. The van der Waals surface area contributed by atoms with Gasteiger partial charge in [0, 0.05) is 12.6 Å². The van der Waals surface area contributed by atoms with Gasteiger partial charge in [-0.25, -0.2) is 5.01 Å². The van der Waals surface area contributed by atoms with Gasteiger partial charge < -0.3 is 14.2 Å². The third kappa shape index (κ3) is 4.04. The maximum atomic E-state index is 12.4. The second kappa shape index (κ2) is 8.01. The number of hydrogen-bond acceptors (Lipinski definition) is 5. The van der Waals surface area contributed by atoms with E-state index in [0.29, 0.717) is 17.1 Å². The van der Waals surface area contributed by atoms with Crippen molar-refractivity contribution in [2.24, 2.45) is 5.10 Å². The summed E-state index contributed by atoms with van der Waals surface area (Å²) in [6.45, 7) is 0. The number of nitrogens with zero attached hydrogens (tertiary/aromatic N) is 2. The van der Waals surface area contributed by atoms with E-state index in [2.05, 4.69) is 5.10 Å². The van der Waals surface area contributed by atoms with Gasteiger partial charge in [-0.1, -0.05) is 0 Å². The minimum absolute atomic E-state index is 0.249. The van der Waals surface area contributed by atoms with Gasteiger partial charge in [0.15, 0.2) is 11.5 Å². The highest BCUT2D eigenvalue weighted by molar-refractivity contribution is 5.95. The van der Waals surface area contributed by atoms with Crippen molar-refractivity contribution in [1.29, 1.82) is 0 Å². The molecule has 0 spiro atoms. The highest BCUT2D eigenvalue weighted by Crippen LogP contribution is 2.27. The Morgan fingerprint density at radius 2 is 1.62 bits per heavy atom. The molecule has 0 saturated carbocycles. The van der Waals surface area contributed by atoms with Crippen LogP contribution in [-0.2, 0) is 0 Å². The largest absolute Gasteiger partial charge is 0.497 e.